The lowest BCUT2D eigenvalue weighted by molar-refractivity contribution is -0.130. The molecule has 0 bridgehead atoms. The highest BCUT2D eigenvalue weighted by molar-refractivity contribution is 7.89. The van der Waals surface area contributed by atoms with E-state index in [1.807, 2.05) is 12.1 Å². The predicted octanol–water partition coefficient (Wildman–Crippen LogP) is 3.21. The highest BCUT2D eigenvalue weighted by atomic mass is 32.2. The Morgan fingerprint density at radius 3 is 1.94 bits per heavy atom. The van der Waals surface area contributed by atoms with Gasteiger partial charge in [0.25, 0.3) is 5.91 Å². The fourth-order valence-electron chi connectivity index (χ4n) is 2.50. The van der Waals surface area contributed by atoms with Crippen LogP contribution >= 0.6 is 0 Å². The summed E-state index contributed by atoms with van der Waals surface area (Å²) in [6, 6.07) is 27.3. The largest absolute Gasteiger partial charge is 0.423 e. The van der Waals surface area contributed by atoms with Crippen molar-refractivity contribution in [1.29, 1.82) is 5.26 Å². The second-order valence-electron chi connectivity index (χ2n) is 6.93. The van der Waals surface area contributed by atoms with Gasteiger partial charge in [-0.15, -0.1) is 0 Å². The number of nitrogens with one attached hydrogen (secondary N) is 1. The van der Waals surface area contributed by atoms with E-state index in [-0.39, 0.29) is 22.6 Å². The van der Waals surface area contributed by atoms with E-state index in [0.29, 0.717) is 5.75 Å². The van der Waals surface area contributed by atoms with Crippen LogP contribution in [0.4, 0.5) is 0 Å². The number of primary sulfonamides is 1. The summed E-state index contributed by atoms with van der Waals surface area (Å²) in [7, 11) is -3.50. The number of para-hydroxylation sites is 1. The third-order valence-corrected chi connectivity index (χ3v) is 5.18. The maximum Gasteiger partial charge on any atom is 0.340 e. The molecule has 0 aliphatic carbocycles. The molecule has 3 rings (SSSR count). The smallest absolute Gasteiger partial charge is 0.340 e. The molecule has 178 valence electrons. The fourth-order valence-corrected chi connectivity index (χ4v) is 3.03. The second kappa shape index (κ2) is 13.3. The maximum absolute atomic E-state index is 12.1. The number of nitrogens with two attached hydrogens (primary N) is 1. The number of rotatable bonds is 7. The van der Waals surface area contributed by atoms with Gasteiger partial charge in [0.1, 0.15) is 17.4 Å². The van der Waals surface area contributed by atoms with Crippen molar-refractivity contribution in [2.75, 3.05) is 6.54 Å². The number of carbonyl (C=O) groups is 2. The van der Waals surface area contributed by atoms with E-state index < -0.39 is 21.9 Å². The molecule has 0 aliphatic rings. The van der Waals surface area contributed by atoms with Crippen molar-refractivity contribution in [3.05, 3.63) is 114 Å². The van der Waals surface area contributed by atoms with Gasteiger partial charge in [-0.25, -0.2) is 18.4 Å². The number of carbonyl (C=O) groups excluding carboxylic acids is 2. The molecular weight excluding hydrogens is 466 g/mol. The second-order valence-corrected chi connectivity index (χ2v) is 8.49. The lowest BCUT2D eigenvalue weighted by atomic mass is 10.1. The molecule has 0 fully saturated rings. The van der Waals surface area contributed by atoms with E-state index in [4.69, 9.17) is 15.1 Å². The SMILES string of the molecule is C=C(CNC(=O)C(C#N)=Cc1ccccc1)C(=O)Oc1ccccc1.NS(=O)(=O)c1ccccc1. The molecule has 3 aromatic carbocycles. The topological polar surface area (TPSA) is 139 Å². The minimum Gasteiger partial charge on any atom is -0.423 e. The summed E-state index contributed by atoms with van der Waals surface area (Å²) in [6.07, 6.45) is 1.47. The highest BCUT2D eigenvalue weighted by Crippen LogP contribution is 2.10. The van der Waals surface area contributed by atoms with Crippen molar-refractivity contribution in [1.82, 2.24) is 5.32 Å². The van der Waals surface area contributed by atoms with Crippen LogP contribution in [0, 0.1) is 11.3 Å². The van der Waals surface area contributed by atoms with E-state index in [1.54, 1.807) is 72.8 Å². The van der Waals surface area contributed by atoms with Gasteiger partial charge in [-0.2, -0.15) is 5.26 Å². The first-order chi connectivity index (χ1) is 16.7. The number of esters is 1. The fraction of sp³-hybridized carbons (Fsp3) is 0.0385. The number of hydrogen-bond acceptors (Lipinski definition) is 6. The Morgan fingerprint density at radius 1 is 0.943 bits per heavy atom. The van der Waals surface area contributed by atoms with Crippen LogP contribution in [0.15, 0.2) is 114 Å². The third-order valence-electron chi connectivity index (χ3n) is 4.25. The summed E-state index contributed by atoms with van der Waals surface area (Å²) in [5, 5.41) is 16.5. The Bertz CT molecular complexity index is 1330. The predicted molar refractivity (Wildman–Crippen MR) is 132 cm³/mol. The number of sulfonamides is 1. The van der Waals surface area contributed by atoms with Gasteiger partial charge < -0.3 is 10.1 Å². The van der Waals surface area contributed by atoms with Crippen molar-refractivity contribution < 1.29 is 22.7 Å². The summed E-state index contributed by atoms with van der Waals surface area (Å²) in [5.41, 5.74) is 0.751. The van der Waals surface area contributed by atoms with Crippen molar-refractivity contribution in [3.63, 3.8) is 0 Å². The van der Waals surface area contributed by atoms with Gasteiger partial charge in [-0.1, -0.05) is 73.3 Å². The van der Waals surface area contributed by atoms with E-state index in [0.717, 1.165) is 5.56 Å². The first-order valence-corrected chi connectivity index (χ1v) is 11.7. The van der Waals surface area contributed by atoms with Gasteiger partial charge in [0, 0.05) is 12.1 Å². The molecule has 0 saturated carbocycles. The summed E-state index contributed by atoms with van der Waals surface area (Å²) in [5.74, 6) is -0.835. The van der Waals surface area contributed by atoms with Gasteiger partial charge in [0.05, 0.1) is 4.90 Å². The number of amides is 1. The molecule has 0 aromatic heterocycles. The van der Waals surface area contributed by atoms with E-state index in [9.17, 15) is 18.0 Å². The average molecular weight is 490 g/mol. The molecule has 0 aliphatic heterocycles. The van der Waals surface area contributed by atoms with Crippen molar-refractivity contribution in [2.24, 2.45) is 5.14 Å². The Hall–Kier alpha value is -4.52. The Kier molecular flexibility index (Phi) is 10.1. The van der Waals surface area contributed by atoms with Crippen molar-refractivity contribution in [2.45, 2.75) is 4.90 Å². The first-order valence-electron chi connectivity index (χ1n) is 10.2. The molecular formula is C26H23N3O5S. The Balaban J connectivity index is 0.000000360. The first kappa shape index (κ1) is 26.7. The van der Waals surface area contributed by atoms with Gasteiger partial charge in [0.15, 0.2) is 0 Å². The standard InChI is InChI=1S/C20H16N2O3.C6H7NO2S/c1-15(20(24)25-18-10-6-3-7-11-18)14-22-19(23)17(13-21)12-16-8-4-2-5-9-16;7-10(8,9)6-4-2-1-3-5-6/h2-12H,1,14H2,(H,22,23);1-5H,(H2,7,8,9). The molecule has 3 aromatic rings. The monoisotopic (exact) mass is 489 g/mol. The molecule has 0 radical (unpaired) electrons. The minimum atomic E-state index is -3.50. The van der Waals surface area contributed by atoms with Gasteiger partial charge in [-0.05, 0) is 35.9 Å². The van der Waals surface area contributed by atoms with Gasteiger partial charge in [0.2, 0.25) is 10.0 Å². The molecule has 0 atom stereocenters. The van der Waals surface area contributed by atoms with Crippen LogP contribution in [0.2, 0.25) is 0 Å². The molecule has 8 nitrogen and oxygen atoms in total. The van der Waals surface area contributed by atoms with Gasteiger partial charge >= 0.3 is 5.97 Å². The molecule has 3 N–H and O–H groups in total. The van der Waals surface area contributed by atoms with Crippen LogP contribution in [-0.2, 0) is 19.6 Å². The molecule has 35 heavy (non-hydrogen) atoms. The maximum atomic E-state index is 12.1. The van der Waals surface area contributed by atoms with Gasteiger partial charge in [-0.3, -0.25) is 4.79 Å². The number of ether oxygens (including phenoxy) is 1. The van der Waals surface area contributed by atoms with Crippen molar-refractivity contribution >= 4 is 28.0 Å². The molecule has 0 heterocycles. The number of hydrogen-bond donors (Lipinski definition) is 2. The van der Waals surface area contributed by atoms with Crippen LogP contribution in [0.1, 0.15) is 5.56 Å². The van der Waals surface area contributed by atoms with Crippen LogP contribution in [0.3, 0.4) is 0 Å². The lowest BCUT2D eigenvalue weighted by Crippen LogP contribution is -2.29. The van der Waals surface area contributed by atoms with E-state index in [1.165, 1.54) is 18.2 Å². The quantitative estimate of drug-likeness (QED) is 0.226. The van der Waals surface area contributed by atoms with Crippen LogP contribution in [0.5, 0.6) is 5.75 Å². The van der Waals surface area contributed by atoms with Crippen LogP contribution < -0.4 is 15.2 Å². The molecule has 9 heteroatoms. The van der Waals surface area contributed by atoms with E-state index >= 15 is 0 Å². The summed E-state index contributed by atoms with van der Waals surface area (Å²) in [4.78, 5) is 24.1. The Morgan fingerprint density at radius 2 is 1.46 bits per heavy atom. The van der Waals surface area contributed by atoms with Crippen LogP contribution in [-0.4, -0.2) is 26.8 Å². The zero-order chi connectivity index (χ0) is 25.7. The zero-order valence-corrected chi connectivity index (χ0v) is 19.4. The number of benzene rings is 3. The molecule has 0 saturated heterocycles. The van der Waals surface area contributed by atoms with Crippen molar-refractivity contribution in [3.8, 4) is 11.8 Å². The third kappa shape index (κ3) is 9.47. The molecule has 0 spiro atoms. The highest BCUT2D eigenvalue weighted by Gasteiger charge is 2.13. The lowest BCUT2D eigenvalue weighted by Gasteiger charge is -2.08. The summed E-state index contributed by atoms with van der Waals surface area (Å²) < 4.78 is 26.3. The zero-order valence-electron chi connectivity index (χ0n) is 18.6. The molecule has 1 amide bonds. The molecule has 0 unspecified atom stereocenters. The Labute approximate surface area is 204 Å². The number of nitriles is 1. The normalized spacial score (nSPS) is 10.7. The summed E-state index contributed by atoms with van der Waals surface area (Å²) in [6.45, 7) is 3.49. The van der Waals surface area contributed by atoms with E-state index in [2.05, 4.69) is 11.9 Å². The summed E-state index contributed by atoms with van der Waals surface area (Å²) >= 11 is 0. The minimum absolute atomic E-state index is 0.0598. The van der Waals surface area contributed by atoms with Crippen LogP contribution in [0.25, 0.3) is 6.08 Å². The number of nitrogens with zero attached hydrogens (tertiary/aromatic N) is 1. The average Bonchev–Trinajstić information content (AvgIpc) is 2.87.